The molecule has 1 unspecified atom stereocenters. The molecule has 1 aliphatic rings. The van der Waals surface area contributed by atoms with Crippen LogP contribution < -0.4 is 10.1 Å². The molecule has 0 bridgehead atoms. The topological polar surface area (TPSA) is 58.6 Å². The Hall–Kier alpha value is -3.27. The Morgan fingerprint density at radius 2 is 1.79 bits per heavy atom. The Morgan fingerprint density at radius 1 is 1.00 bits per heavy atom. The van der Waals surface area contributed by atoms with Gasteiger partial charge >= 0.3 is 5.97 Å². The van der Waals surface area contributed by atoms with E-state index in [1.54, 1.807) is 0 Å². The molecule has 0 aliphatic heterocycles. The molecule has 0 amide bonds. The second-order valence-electron chi connectivity index (χ2n) is 7.10. The highest BCUT2D eigenvalue weighted by Crippen LogP contribution is 2.36. The molecule has 0 radical (unpaired) electrons. The summed E-state index contributed by atoms with van der Waals surface area (Å²) in [7, 11) is 0. The number of hydrogen-bond donors (Lipinski definition) is 2. The normalized spacial score (nSPS) is 15.1. The van der Waals surface area contributed by atoms with E-state index in [9.17, 15) is 4.79 Å². The molecule has 0 saturated heterocycles. The molecule has 3 aromatic rings. The standard InChI is InChI=1S/C24H23NO3/c26-24(27)15-8-17-6-10-19(11-7-17)25-23-14-9-18-16-21(12-13-22(18)23)28-20-4-2-1-3-5-20/h1-7,10-13,16,23,25H,8-9,14-15H2,(H,26,27). The van der Waals surface area contributed by atoms with Gasteiger partial charge in [-0.05, 0) is 72.4 Å². The van der Waals surface area contributed by atoms with Crippen molar-refractivity contribution in [3.8, 4) is 11.5 Å². The van der Waals surface area contributed by atoms with E-state index in [2.05, 4.69) is 17.4 Å². The number of rotatable bonds is 7. The van der Waals surface area contributed by atoms with Gasteiger partial charge in [-0.25, -0.2) is 0 Å². The Labute approximate surface area is 164 Å². The van der Waals surface area contributed by atoms with Gasteiger partial charge in [0.05, 0.1) is 6.04 Å². The number of carbonyl (C=O) groups is 1. The molecular weight excluding hydrogens is 350 g/mol. The van der Waals surface area contributed by atoms with Crippen molar-refractivity contribution in [3.05, 3.63) is 89.5 Å². The van der Waals surface area contributed by atoms with Crippen LogP contribution in [0, 0.1) is 0 Å². The van der Waals surface area contributed by atoms with E-state index in [0.29, 0.717) is 6.42 Å². The maximum atomic E-state index is 10.7. The van der Waals surface area contributed by atoms with Gasteiger partial charge in [0, 0.05) is 12.1 Å². The third kappa shape index (κ3) is 4.34. The van der Waals surface area contributed by atoms with E-state index in [0.717, 1.165) is 35.6 Å². The number of anilines is 1. The van der Waals surface area contributed by atoms with Gasteiger partial charge in [-0.1, -0.05) is 36.4 Å². The Balaban J connectivity index is 1.41. The first-order valence-electron chi connectivity index (χ1n) is 9.60. The summed E-state index contributed by atoms with van der Waals surface area (Å²) in [6.45, 7) is 0. The van der Waals surface area contributed by atoms with Crippen LogP contribution in [-0.4, -0.2) is 11.1 Å². The minimum absolute atomic E-state index is 0.163. The lowest BCUT2D eigenvalue weighted by molar-refractivity contribution is -0.136. The Morgan fingerprint density at radius 3 is 2.54 bits per heavy atom. The minimum Gasteiger partial charge on any atom is -0.481 e. The third-order valence-corrected chi connectivity index (χ3v) is 5.09. The number of hydrogen-bond acceptors (Lipinski definition) is 3. The van der Waals surface area contributed by atoms with Crippen LogP contribution in [0.25, 0.3) is 0 Å². The summed E-state index contributed by atoms with van der Waals surface area (Å²) in [6, 6.07) is 24.5. The van der Waals surface area contributed by atoms with Gasteiger partial charge in [0.15, 0.2) is 0 Å². The fourth-order valence-electron chi connectivity index (χ4n) is 3.65. The number of carboxylic acids is 1. The fraction of sp³-hybridized carbons (Fsp3) is 0.208. The SMILES string of the molecule is O=C(O)CCc1ccc(NC2CCc3cc(Oc4ccccc4)ccc32)cc1. The van der Waals surface area contributed by atoms with Crippen LogP contribution in [0.15, 0.2) is 72.8 Å². The second kappa shape index (κ2) is 8.17. The van der Waals surface area contributed by atoms with Gasteiger partial charge in [0.1, 0.15) is 11.5 Å². The lowest BCUT2D eigenvalue weighted by atomic mass is 10.1. The van der Waals surface area contributed by atoms with Crippen molar-refractivity contribution in [2.24, 2.45) is 0 Å². The highest BCUT2D eigenvalue weighted by Gasteiger charge is 2.22. The molecule has 0 aromatic heterocycles. The van der Waals surface area contributed by atoms with Crippen LogP contribution >= 0.6 is 0 Å². The molecule has 1 atom stereocenters. The van der Waals surface area contributed by atoms with E-state index >= 15 is 0 Å². The molecule has 0 fully saturated rings. The van der Waals surface area contributed by atoms with E-state index in [4.69, 9.17) is 9.84 Å². The lowest BCUT2D eigenvalue weighted by Crippen LogP contribution is -2.07. The first-order valence-corrected chi connectivity index (χ1v) is 9.60. The average molecular weight is 373 g/mol. The summed E-state index contributed by atoms with van der Waals surface area (Å²) >= 11 is 0. The Kier molecular flexibility index (Phi) is 5.29. The van der Waals surface area contributed by atoms with Crippen molar-refractivity contribution in [2.75, 3.05) is 5.32 Å². The molecular formula is C24H23NO3. The predicted molar refractivity (Wildman–Crippen MR) is 110 cm³/mol. The summed E-state index contributed by atoms with van der Waals surface area (Å²) in [5.41, 5.74) is 4.74. The summed E-state index contributed by atoms with van der Waals surface area (Å²) < 4.78 is 5.95. The highest BCUT2D eigenvalue weighted by atomic mass is 16.5. The van der Waals surface area contributed by atoms with Gasteiger partial charge in [-0.2, -0.15) is 0 Å². The zero-order valence-corrected chi connectivity index (χ0v) is 15.6. The quantitative estimate of drug-likeness (QED) is 0.566. The van der Waals surface area contributed by atoms with Gasteiger partial charge in [-0.15, -0.1) is 0 Å². The molecule has 28 heavy (non-hydrogen) atoms. The van der Waals surface area contributed by atoms with E-state index < -0.39 is 5.97 Å². The molecule has 4 heteroatoms. The monoisotopic (exact) mass is 373 g/mol. The van der Waals surface area contributed by atoms with Gasteiger partial charge in [0.2, 0.25) is 0 Å². The molecule has 3 aromatic carbocycles. The van der Waals surface area contributed by atoms with Crippen molar-refractivity contribution in [1.82, 2.24) is 0 Å². The highest BCUT2D eigenvalue weighted by molar-refractivity contribution is 5.67. The second-order valence-corrected chi connectivity index (χ2v) is 7.10. The molecule has 142 valence electrons. The first-order chi connectivity index (χ1) is 13.7. The van der Waals surface area contributed by atoms with Gasteiger partial charge in [-0.3, -0.25) is 4.79 Å². The van der Waals surface area contributed by atoms with Gasteiger partial charge in [0.25, 0.3) is 0 Å². The number of aliphatic carboxylic acids is 1. The number of carboxylic acid groups (broad SMARTS) is 1. The summed E-state index contributed by atoms with van der Waals surface area (Å²) in [6.07, 6.45) is 2.79. The number of ether oxygens (including phenoxy) is 1. The summed E-state index contributed by atoms with van der Waals surface area (Å²) in [5, 5.41) is 12.4. The molecule has 4 rings (SSSR count). The number of benzene rings is 3. The largest absolute Gasteiger partial charge is 0.481 e. The van der Waals surface area contributed by atoms with Crippen LogP contribution in [-0.2, 0) is 17.6 Å². The number of aryl methyl sites for hydroxylation is 2. The molecule has 4 nitrogen and oxygen atoms in total. The van der Waals surface area contributed by atoms with Crippen LogP contribution in [0.1, 0.15) is 35.6 Å². The Bertz CT molecular complexity index is 951. The van der Waals surface area contributed by atoms with Crippen LogP contribution in [0.4, 0.5) is 5.69 Å². The zero-order chi connectivity index (χ0) is 19.3. The van der Waals surface area contributed by atoms with Crippen molar-refractivity contribution < 1.29 is 14.6 Å². The smallest absolute Gasteiger partial charge is 0.303 e. The van der Waals surface area contributed by atoms with E-state index in [1.165, 1.54) is 11.1 Å². The molecule has 1 aliphatic carbocycles. The average Bonchev–Trinajstić information content (AvgIpc) is 3.10. The minimum atomic E-state index is -0.764. The van der Waals surface area contributed by atoms with E-state index in [1.807, 2.05) is 60.7 Å². The molecule has 0 saturated carbocycles. The van der Waals surface area contributed by atoms with Crippen LogP contribution in [0.2, 0.25) is 0 Å². The van der Waals surface area contributed by atoms with E-state index in [-0.39, 0.29) is 12.5 Å². The van der Waals surface area contributed by atoms with Crippen molar-refractivity contribution >= 4 is 11.7 Å². The third-order valence-electron chi connectivity index (χ3n) is 5.09. The van der Waals surface area contributed by atoms with Gasteiger partial charge < -0.3 is 15.2 Å². The summed E-state index contributed by atoms with van der Waals surface area (Å²) in [5.74, 6) is 0.951. The number of fused-ring (bicyclic) bond motifs is 1. The first kappa shape index (κ1) is 18.1. The van der Waals surface area contributed by atoms with Crippen LogP contribution in [0.3, 0.4) is 0 Å². The molecule has 0 spiro atoms. The van der Waals surface area contributed by atoms with Crippen molar-refractivity contribution in [1.29, 1.82) is 0 Å². The number of nitrogens with one attached hydrogen (secondary N) is 1. The maximum absolute atomic E-state index is 10.7. The fourth-order valence-corrected chi connectivity index (χ4v) is 3.65. The molecule has 0 heterocycles. The summed E-state index contributed by atoms with van der Waals surface area (Å²) in [4.78, 5) is 10.7. The van der Waals surface area contributed by atoms with Crippen molar-refractivity contribution in [3.63, 3.8) is 0 Å². The molecule has 2 N–H and O–H groups in total. The van der Waals surface area contributed by atoms with Crippen molar-refractivity contribution in [2.45, 2.75) is 31.7 Å². The van der Waals surface area contributed by atoms with Crippen LogP contribution in [0.5, 0.6) is 11.5 Å². The predicted octanol–water partition coefficient (Wildman–Crippen LogP) is 5.60. The zero-order valence-electron chi connectivity index (χ0n) is 15.6. The maximum Gasteiger partial charge on any atom is 0.303 e. The number of para-hydroxylation sites is 1. The lowest BCUT2D eigenvalue weighted by Gasteiger charge is -2.16.